The van der Waals surface area contributed by atoms with E-state index in [4.69, 9.17) is 13.9 Å². The molecule has 0 radical (unpaired) electrons. The highest BCUT2D eigenvalue weighted by molar-refractivity contribution is 6.74. The lowest BCUT2D eigenvalue weighted by Crippen LogP contribution is -2.47. The van der Waals surface area contributed by atoms with Crippen LogP contribution in [0, 0.1) is 23.7 Å². The van der Waals surface area contributed by atoms with Crippen LogP contribution in [0.3, 0.4) is 0 Å². The third-order valence-electron chi connectivity index (χ3n) is 10.2. The number of esters is 2. The topological polar surface area (TPSA) is 61.8 Å². The van der Waals surface area contributed by atoms with Crippen LogP contribution in [0.1, 0.15) is 86.1 Å². The van der Waals surface area contributed by atoms with E-state index in [-0.39, 0.29) is 41.2 Å². The molecule has 1 aliphatic heterocycles. The number of hydrogen-bond donors (Lipinski definition) is 0. The average molecular weight is 581 g/mol. The molecule has 5 nitrogen and oxygen atoms in total. The van der Waals surface area contributed by atoms with Gasteiger partial charge in [-0.05, 0) is 80.1 Å². The van der Waals surface area contributed by atoms with Crippen LogP contribution in [0.5, 0.6) is 0 Å². The second-order valence-corrected chi connectivity index (χ2v) is 19.6. The molecule has 2 aliphatic carbocycles. The molecule has 1 aromatic carbocycles. The van der Waals surface area contributed by atoms with Crippen LogP contribution < -0.4 is 0 Å². The van der Waals surface area contributed by atoms with Gasteiger partial charge in [0.15, 0.2) is 8.32 Å². The summed E-state index contributed by atoms with van der Waals surface area (Å²) in [7, 11) is -1.99. The minimum absolute atomic E-state index is 0.0780. The maximum atomic E-state index is 13.6. The van der Waals surface area contributed by atoms with Gasteiger partial charge in [0.2, 0.25) is 0 Å². The molecule has 0 bridgehead atoms. The summed E-state index contributed by atoms with van der Waals surface area (Å²) in [5, 5.41) is 0.0933. The Balaban J connectivity index is 1.48. The SMILES string of the molecule is C[C@H]1C=C2C=C[C@H](C)[C@H](CC[C@@H]3C[C@@H](O[Si](C)(C)C(C)(C)C)CC(=O)O3)[C@H]2[C@@H](OC(=O)C(C)(C)c2ccccc2)C1. The number of cyclic esters (lactones) is 1. The summed E-state index contributed by atoms with van der Waals surface area (Å²) in [4.78, 5) is 26.3. The largest absolute Gasteiger partial charge is 0.462 e. The molecule has 1 saturated heterocycles. The van der Waals surface area contributed by atoms with Gasteiger partial charge in [-0.1, -0.05) is 83.2 Å². The van der Waals surface area contributed by atoms with Crippen molar-refractivity contribution in [2.75, 3.05) is 0 Å². The molecule has 7 atom stereocenters. The quantitative estimate of drug-likeness (QED) is 0.229. The van der Waals surface area contributed by atoms with Gasteiger partial charge in [0.05, 0.1) is 17.9 Å². The normalized spacial score (nSPS) is 30.7. The predicted octanol–water partition coefficient (Wildman–Crippen LogP) is 8.16. The average Bonchev–Trinajstić information content (AvgIpc) is 2.87. The number of allylic oxidation sites excluding steroid dienone is 3. The van der Waals surface area contributed by atoms with Crippen molar-refractivity contribution in [3.63, 3.8) is 0 Å². The summed E-state index contributed by atoms with van der Waals surface area (Å²) in [6, 6.07) is 9.90. The highest BCUT2D eigenvalue weighted by Crippen LogP contribution is 2.46. The number of benzene rings is 1. The summed E-state index contributed by atoms with van der Waals surface area (Å²) < 4.78 is 18.9. The summed E-state index contributed by atoms with van der Waals surface area (Å²) in [5.74, 6) is 0.799. The molecule has 0 unspecified atom stereocenters. The number of fused-ring (bicyclic) bond motifs is 1. The van der Waals surface area contributed by atoms with Crippen LogP contribution in [-0.4, -0.2) is 38.6 Å². The lowest BCUT2D eigenvalue weighted by atomic mass is 9.65. The molecule has 226 valence electrons. The van der Waals surface area contributed by atoms with Gasteiger partial charge < -0.3 is 13.9 Å². The standard InChI is InChI=1S/C35H52O5Si/c1-23-19-25-16-15-24(2)29(18-17-27-21-28(22-31(36)38-27)40-41(8,9)34(3,4)5)32(25)30(20-23)39-33(37)35(6,7)26-13-11-10-12-14-26/h10-16,19,23-24,27-30,32H,17-18,20-22H2,1-9H3/t23-,24-,27+,28+,29-,30-,32-/m0/s1. The zero-order valence-electron chi connectivity index (χ0n) is 26.7. The van der Waals surface area contributed by atoms with Gasteiger partial charge in [-0.25, -0.2) is 0 Å². The summed E-state index contributed by atoms with van der Waals surface area (Å²) in [5.41, 5.74) is 1.51. The fraction of sp³-hybridized carbons (Fsp3) is 0.657. The van der Waals surface area contributed by atoms with Crippen LogP contribution in [0.25, 0.3) is 0 Å². The van der Waals surface area contributed by atoms with Gasteiger partial charge in [-0.2, -0.15) is 0 Å². The van der Waals surface area contributed by atoms with E-state index < -0.39 is 13.7 Å². The fourth-order valence-electron chi connectivity index (χ4n) is 6.56. The molecule has 1 fully saturated rings. The molecule has 1 aromatic rings. The van der Waals surface area contributed by atoms with Gasteiger partial charge in [-0.3, -0.25) is 9.59 Å². The monoisotopic (exact) mass is 580 g/mol. The Hall–Kier alpha value is -2.18. The molecule has 0 amide bonds. The highest BCUT2D eigenvalue weighted by atomic mass is 28.4. The third kappa shape index (κ3) is 7.25. The molecule has 0 aromatic heterocycles. The number of rotatable bonds is 8. The third-order valence-corrected chi connectivity index (χ3v) is 14.7. The van der Waals surface area contributed by atoms with E-state index in [1.54, 1.807) is 0 Å². The lowest BCUT2D eigenvalue weighted by molar-refractivity contribution is -0.162. The van der Waals surface area contributed by atoms with Crippen molar-refractivity contribution in [3.8, 4) is 0 Å². The molecule has 6 heteroatoms. The smallest absolute Gasteiger partial charge is 0.316 e. The highest BCUT2D eigenvalue weighted by Gasteiger charge is 2.45. The molecule has 4 rings (SSSR count). The van der Waals surface area contributed by atoms with Crippen LogP contribution in [0.2, 0.25) is 18.1 Å². The van der Waals surface area contributed by atoms with Gasteiger partial charge in [0.25, 0.3) is 0 Å². The van der Waals surface area contributed by atoms with E-state index in [0.29, 0.717) is 24.2 Å². The van der Waals surface area contributed by atoms with Crippen molar-refractivity contribution in [1.29, 1.82) is 0 Å². The zero-order chi connectivity index (χ0) is 30.2. The molecule has 0 spiro atoms. The summed E-state index contributed by atoms with van der Waals surface area (Å²) >= 11 is 0. The van der Waals surface area contributed by atoms with Crippen LogP contribution in [-0.2, 0) is 28.9 Å². The first-order chi connectivity index (χ1) is 19.1. The molecule has 3 aliphatic rings. The predicted molar refractivity (Wildman–Crippen MR) is 167 cm³/mol. The first kappa shape index (κ1) is 31.7. The maximum Gasteiger partial charge on any atom is 0.316 e. The second-order valence-electron chi connectivity index (χ2n) is 14.9. The van der Waals surface area contributed by atoms with E-state index >= 15 is 0 Å². The van der Waals surface area contributed by atoms with Gasteiger partial charge in [0, 0.05) is 12.3 Å². The van der Waals surface area contributed by atoms with Crippen molar-refractivity contribution < 1.29 is 23.5 Å². The lowest BCUT2D eigenvalue weighted by Gasteiger charge is -2.44. The van der Waals surface area contributed by atoms with E-state index in [1.165, 1.54) is 5.57 Å². The van der Waals surface area contributed by atoms with E-state index in [1.807, 2.05) is 44.2 Å². The van der Waals surface area contributed by atoms with Crippen molar-refractivity contribution in [1.82, 2.24) is 0 Å². The molecule has 1 heterocycles. The Labute approximate surface area is 249 Å². The van der Waals surface area contributed by atoms with Crippen LogP contribution >= 0.6 is 0 Å². The van der Waals surface area contributed by atoms with Gasteiger partial charge >= 0.3 is 11.9 Å². The number of ether oxygens (including phenoxy) is 2. The minimum Gasteiger partial charge on any atom is -0.462 e. The Morgan fingerprint density at radius 1 is 1.02 bits per heavy atom. The molecule has 41 heavy (non-hydrogen) atoms. The van der Waals surface area contributed by atoms with Crippen molar-refractivity contribution in [2.45, 2.75) is 122 Å². The van der Waals surface area contributed by atoms with E-state index in [2.05, 4.69) is 65.9 Å². The Morgan fingerprint density at radius 2 is 1.71 bits per heavy atom. The maximum absolute atomic E-state index is 13.6. The number of carbonyl (C=O) groups excluding carboxylic acids is 2. The fourth-order valence-corrected chi connectivity index (χ4v) is 7.93. The van der Waals surface area contributed by atoms with Crippen molar-refractivity contribution in [2.24, 2.45) is 23.7 Å². The summed E-state index contributed by atoms with van der Waals surface area (Å²) in [6.45, 7) is 19.6. The van der Waals surface area contributed by atoms with Crippen molar-refractivity contribution >= 4 is 20.3 Å². The first-order valence-electron chi connectivity index (χ1n) is 15.6. The Kier molecular flexibility index (Phi) is 9.45. The van der Waals surface area contributed by atoms with Crippen LogP contribution in [0.15, 0.2) is 54.1 Å². The number of hydrogen-bond acceptors (Lipinski definition) is 5. The Morgan fingerprint density at radius 3 is 2.37 bits per heavy atom. The Bertz CT molecular complexity index is 1140. The van der Waals surface area contributed by atoms with Gasteiger partial charge in [-0.15, -0.1) is 0 Å². The minimum atomic E-state index is -1.99. The van der Waals surface area contributed by atoms with E-state index in [0.717, 1.165) is 31.2 Å². The molecular formula is C35H52O5Si. The number of carbonyl (C=O) groups is 2. The zero-order valence-corrected chi connectivity index (χ0v) is 27.7. The first-order valence-corrected chi connectivity index (χ1v) is 18.5. The van der Waals surface area contributed by atoms with Crippen molar-refractivity contribution in [3.05, 3.63) is 59.7 Å². The van der Waals surface area contributed by atoms with E-state index in [9.17, 15) is 9.59 Å². The second kappa shape index (κ2) is 12.2. The van der Waals surface area contributed by atoms with Gasteiger partial charge in [0.1, 0.15) is 12.2 Å². The van der Waals surface area contributed by atoms with Crippen LogP contribution in [0.4, 0.5) is 0 Å². The molecule has 0 N–H and O–H groups in total. The summed E-state index contributed by atoms with van der Waals surface area (Å²) in [6.07, 6.45) is 10.1. The molecular weight excluding hydrogens is 528 g/mol. The molecule has 0 saturated carbocycles.